The molecule has 0 aliphatic rings. The van der Waals surface area contributed by atoms with Crippen LogP contribution in [0.5, 0.6) is 11.5 Å². The molecule has 0 aromatic heterocycles. The van der Waals surface area contributed by atoms with Crippen molar-refractivity contribution in [3.05, 3.63) is 24.3 Å². The Labute approximate surface area is 120 Å². The largest absolute Gasteiger partial charge is 0.494 e. The number of amides is 1. The monoisotopic (exact) mass is 280 g/mol. The van der Waals surface area contributed by atoms with Crippen LogP contribution >= 0.6 is 0 Å². The topological polar surface area (TPSA) is 73.6 Å². The number of hydrogen-bond acceptors (Lipinski definition) is 4. The van der Waals surface area contributed by atoms with Crippen LogP contribution in [0.2, 0.25) is 0 Å². The second-order valence-corrected chi connectivity index (χ2v) is 4.84. The average molecular weight is 280 g/mol. The molecular formula is C15H24N2O3. The number of nitrogens with two attached hydrogens (primary N) is 1. The van der Waals surface area contributed by atoms with Crippen molar-refractivity contribution in [2.75, 3.05) is 19.8 Å². The number of benzene rings is 1. The molecular weight excluding hydrogens is 256 g/mol. The first-order chi connectivity index (χ1) is 9.51. The molecule has 0 heterocycles. The molecule has 1 rings (SSSR count). The van der Waals surface area contributed by atoms with Gasteiger partial charge in [0.05, 0.1) is 6.61 Å². The lowest BCUT2D eigenvalue weighted by molar-refractivity contribution is -0.124. The zero-order chi connectivity index (χ0) is 15.0. The molecule has 0 saturated heterocycles. The van der Waals surface area contributed by atoms with Gasteiger partial charge >= 0.3 is 0 Å². The molecule has 112 valence electrons. The molecule has 1 unspecified atom stereocenters. The lowest BCUT2D eigenvalue weighted by Crippen LogP contribution is -2.57. The minimum Gasteiger partial charge on any atom is -0.494 e. The molecule has 1 aromatic carbocycles. The maximum Gasteiger partial charge on any atom is 0.240 e. The highest BCUT2D eigenvalue weighted by Crippen LogP contribution is 2.19. The van der Waals surface area contributed by atoms with Crippen molar-refractivity contribution < 1.29 is 14.3 Å². The van der Waals surface area contributed by atoms with E-state index in [1.54, 1.807) is 6.92 Å². The number of carbonyl (C=O) groups is 1. The first kappa shape index (κ1) is 16.3. The SMILES string of the molecule is CCCOc1ccc(OCC(C)(NCC)C(N)=O)cc1. The first-order valence-electron chi connectivity index (χ1n) is 6.92. The van der Waals surface area contributed by atoms with Gasteiger partial charge in [-0.25, -0.2) is 0 Å². The number of primary amides is 1. The normalized spacial score (nSPS) is 13.6. The van der Waals surface area contributed by atoms with Gasteiger partial charge in [0.25, 0.3) is 0 Å². The fourth-order valence-electron chi connectivity index (χ4n) is 1.68. The summed E-state index contributed by atoms with van der Waals surface area (Å²) in [6.45, 7) is 7.24. The molecule has 0 spiro atoms. The van der Waals surface area contributed by atoms with Crippen molar-refractivity contribution in [1.29, 1.82) is 0 Å². The van der Waals surface area contributed by atoms with Crippen molar-refractivity contribution in [1.82, 2.24) is 5.32 Å². The van der Waals surface area contributed by atoms with E-state index < -0.39 is 11.4 Å². The maximum absolute atomic E-state index is 11.5. The van der Waals surface area contributed by atoms with Gasteiger partial charge in [-0.15, -0.1) is 0 Å². The summed E-state index contributed by atoms with van der Waals surface area (Å²) in [4.78, 5) is 11.5. The third-order valence-electron chi connectivity index (χ3n) is 2.93. The standard InChI is InChI=1S/C15H24N2O3/c1-4-10-19-12-6-8-13(9-7-12)20-11-15(3,14(16)18)17-5-2/h6-9,17H,4-5,10-11H2,1-3H3,(H2,16,18). The van der Waals surface area contributed by atoms with Gasteiger partial charge in [-0.1, -0.05) is 13.8 Å². The van der Waals surface area contributed by atoms with Gasteiger partial charge in [-0.05, 0) is 44.2 Å². The molecule has 5 nitrogen and oxygen atoms in total. The van der Waals surface area contributed by atoms with Gasteiger partial charge in [0.2, 0.25) is 5.91 Å². The summed E-state index contributed by atoms with van der Waals surface area (Å²) >= 11 is 0. The van der Waals surface area contributed by atoms with Gasteiger partial charge in [0, 0.05) is 0 Å². The Kier molecular flexibility index (Phi) is 6.31. The molecule has 5 heteroatoms. The number of nitrogens with one attached hydrogen (secondary N) is 1. The van der Waals surface area contributed by atoms with E-state index in [-0.39, 0.29) is 6.61 Å². The average Bonchev–Trinajstić information content (AvgIpc) is 2.44. The van der Waals surface area contributed by atoms with Gasteiger partial charge in [-0.2, -0.15) is 0 Å². The maximum atomic E-state index is 11.5. The van der Waals surface area contributed by atoms with E-state index in [0.29, 0.717) is 18.9 Å². The van der Waals surface area contributed by atoms with Crippen LogP contribution in [0.25, 0.3) is 0 Å². The van der Waals surface area contributed by atoms with E-state index in [2.05, 4.69) is 12.2 Å². The zero-order valence-electron chi connectivity index (χ0n) is 12.4. The summed E-state index contributed by atoms with van der Waals surface area (Å²) in [7, 11) is 0. The zero-order valence-corrected chi connectivity index (χ0v) is 12.4. The summed E-state index contributed by atoms with van der Waals surface area (Å²) in [5.41, 5.74) is 4.53. The molecule has 0 aliphatic heterocycles. The highest BCUT2D eigenvalue weighted by atomic mass is 16.5. The van der Waals surface area contributed by atoms with E-state index in [1.165, 1.54) is 0 Å². The highest BCUT2D eigenvalue weighted by molar-refractivity contribution is 5.84. The van der Waals surface area contributed by atoms with Crippen LogP contribution in [0.1, 0.15) is 27.2 Å². The Balaban J connectivity index is 2.58. The predicted octanol–water partition coefficient (Wildman–Crippen LogP) is 1.71. The van der Waals surface area contributed by atoms with E-state index in [9.17, 15) is 4.79 Å². The van der Waals surface area contributed by atoms with Crippen LogP contribution in [-0.4, -0.2) is 31.2 Å². The number of carbonyl (C=O) groups excluding carboxylic acids is 1. The van der Waals surface area contributed by atoms with Crippen LogP contribution in [-0.2, 0) is 4.79 Å². The van der Waals surface area contributed by atoms with Gasteiger partial charge < -0.3 is 20.5 Å². The second-order valence-electron chi connectivity index (χ2n) is 4.84. The van der Waals surface area contributed by atoms with Gasteiger partial charge in [-0.3, -0.25) is 4.79 Å². The summed E-state index contributed by atoms with van der Waals surface area (Å²) in [6.07, 6.45) is 0.970. The smallest absolute Gasteiger partial charge is 0.240 e. The lowest BCUT2D eigenvalue weighted by Gasteiger charge is -2.26. The van der Waals surface area contributed by atoms with Crippen molar-refractivity contribution in [2.24, 2.45) is 5.73 Å². The number of ether oxygens (including phenoxy) is 2. The molecule has 1 amide bonds. The van der Waals surface area contributed by atoms with Crippen molar-refractivity contribution in [2.45, 2.75) is 32.7 Å². The highest BCUT2D eigenvalue weighted by Gasteiger charge is 2.30. The Hall–Kier alpha value is -1.75. The Morgan fingerprint density at radius 1 is 1.20 bits per heavy atom. The minimum atomic E-state index is -0.869. The summed E-state index contributed by atoms with van der Waals surface area (Å²) in [5, 5.41) is 3.04. The van der Waals surface area contributed by atoms with Crippen LogP contribution in [0, 0.1) is 0 Å². The van der Waals surface area contributed by atoms with Gasteiger partial charge in [0.1, 0.15) is 23.6 Å². The Bertz CT molecular complexity index is 420. The predicted molar refractivity (Wildman–Crippen MR) is 79.0 cm³/mol. The molecule has 1 atom stereocenters. The molecule has 0 fully saturated rings. The van der Waals surface area contributed by atoms with E-state index in [1.807, 2.05) is 31.2 Å². The molecule has 3 N–H and O–H groups in total. The number of hydrogen-bond donors (Lipinski definition) is 2. The number of rotatable bonds is 9. The van der Waals surface area contributed by atoms with Crippen LogP contribution in [0.15, 0.2) is 24.3 Å². The molecule has 0 saturated carbocycles. The number of likely N-dealkylation sites (N-methyl/N-ethyl adjacent to an activating group) is 1. The molecule has 1 aromatic rings. The molecule has 20 heavy (non-hydrogen) atoms. The van der Waals surface area contributed by atoms with E-state index >= 15 is 0 Å². The van der Waals surface area contributed by atoms with Crippen molar-refractivity contribution in [3.8, 4) is 11.5 Å². The minimum absolute atomic E-state index is 0.186. The second kappa shape index (κ2) is 7.75. The third kappa shape index (κ3) is 4.74. The fourth-order valence-corrected chi connectivity index (χ4v) is 1.68. The molecule has 0 radical (unpaired) electrons. The van der Waals surface area contributed by atoms with Crippen LogP contribution in [0.4, 0.5) is 0 Å². The summed E-state index contributed by atoms with van der Waals surface area (Å²) in [6, 6.07) is 7.33. The summed E-state index contributed by atoms with van der Waals surface area (Å²) in [5.74, 6) is 1.06. The quantitative estimate of drug-likeness (QED) is 0.722. The third-order valence-corrected chi connectivity index (χ3v) is 2.93. The van der Waals surface area contributed by atoms with Crippen molar-refractivity contribution >= 4 is 5.91 Å². The van der Waals surface area contributed by atoms with Crippen LogP contribution < -0.4 is 20.5 Å². The molecule has 0 aliphatic carbocycles. The van der Waals surface area contributed by atoms with E-state index in [0.717, 1.165) is 12.2 Å². The first-order valence-corrected chi connectivity index (χ1v) is 6.92. The Morgan fingerprint density at radius 2 is 1.75 bits per heavy atom. The van der Waals surface area contributed by atoms with Crippen molar-refractivity contribution in [3.63, 3.8) is 0 Å². The van der Waals surface area contributed by atoms with Gasteiger partial charge in [0.15, 0.2) is 0 Å². The van der Waals surface area contributed by atoms with Crippen LogP contribution in [0.3, 0.4) is 0 Å². The van der Waals surface area contributed by atoms with E-state index in [4.69, 9.17) is 15.2 Å². The molecule has 0 bridgehead atoms. The Morgan fingerprint density at radius 3 is 2.20 bits per heavy atom. The fraction of sp³-hybridized carbons (Fsp3) is 0.533. The summed E-state index contributed by atoms with van der Waals surface area (Å²) < 4.78 is 11.1. The lowest BCUT2D eigenvalue weighted by atomic mass is 10.0.